The van der Waals surface area contributed by atoms with Crippen LogP contribution in [-0.2, 0) is 11.2 Å². The molecule has 0 unspecified atom stereocenters. The van der Waals surface area contributed by atoms with Crippen LogP contribution in [-0.4, -0.2) is 11.1 Å². The van der Waals surface area contributed by atoms with Gasteiger partial charge in [0.05, 0.1) is 11.6 Å². The first-order valence-electron chi connectivity index (χ1n) is 3.57. The smallest absolute Gasteiger partial charge is 0.258 e. The van der Waals surface area contributed by atoms with Gasteiger partial charge in [0.1, 0.15) is 0 Å². The minimum absolute atomic E-state index is 0.266. The molecule has 0 aromatic heterocycles. The zero-order chi connectivity index (χ0) is 9.68. The molecule has 66 valence electrons. The molecule has 0 N–H and O–H groups in total. The molecular weight excluding hydrogens is 250 g/mol. The highest BCUT2D eigenvalue weighted by molar-refractivity contribution is 9.10. The largest absolute Gasteiger partial charge is 0.271 e. The number of thiocarbonyl (C=S) groups is 1. The Morgan fingerprint density at radius 2 is 2.08 bits per heavy atom. The van der Waals surface area contributed by atoms with Gasteiger partial charge in [0.15, 0.2) is 0 Å². The molecule has 0 saturated heterocycles. The molecule has 0 fully saturated rings. The van der Waals surface area contributed by atoms with Crippen LogP contribution in [0.1, 0.15) is 5.56 Å². The highest BCUT2D eigenvalue weighted by atomic mass is 79.9. The summed E-state index contributed by atoms with van der Waals surface area (Å²) in [6.45, 7) is 0. The Balaban J connectivity index is 2.69. The highest BCUT2D eigenvalue weighted by Crippen LogP contribution is 2.10. The number of nitrogens with zero attached hydrogens (tertiary/aromatic N) is 1. The van der Waals surface area contributed by atoms with Crippen molar-refractivity contribution in [1.82, 2.24) is 0 Å². The van der Waals surface area contributed by atoms with Gasteiger partial charge in [-0.1, -0.05) is 28.1 Å². The number of halogens is 1. The van der Waals surface area contributed by atoms with E-state index in [0.29, 0.717) is 0 Å². The fourth-order valence-electron chi connectivity index (χ4n) is 0.867. The van der Waals surface area contributed by atoms with E-state index >= 15 is 0 Å². The minimum atomic E-state index is -0.266. The second-order valence-electron chi connectivity index (χ2n) is 2.40. The van der Waals surface area contributed by atoms with Crippen LogP contribution in [0.3, 0.4) is 0 Å². The van der Waals surface area contributed by atoms with Crippen LogP contribution >= 0.6 is 28.1 Å². The van der Waals surface area contributed by atoms with Gasteiger partial charge in [-0.2, -0.15) is 4.99 Å². The molecule has 2 nitrogen and oxygen atoms in total. The predicted molar refractivity (Wildman–Crippen MR) is 57.9 cm³/mol. The van der Waals surface area contributed by atoms with Crippen LogP contribution < -0.4 is 0 Å². The maximum atomic E-state index is 11.0. The van der Waals surface area contributed by atoms with E-state index in [2.05, 4.69) is 33.1 Å². The molecule has 4 heteroatoms. The summed E-state index contributed by atoms with van der Waals surface area (Å²) in [4.78, 5) is 14.3. The molecule has 1 amide bonds. The van der Waals surface area contributed by atoms with Crippen LogP contribution in [0.15, 0.2) is 33.7 Å². The lowest BCUT2D eigenvalue weighted by Crippen LogP contribution is -1.97. The number of isothiocyanates is 1. The van der Waals surface area contributed by atoms with E-state index in [-0.39, 0.29) is 12.3 Å². The van der Waals surface area contributed by atoms with Crippen molar-refractivity contribution < 1.29 is 4.79 Å². The van der Waals surface area contributed by atoms with Crippen LogP contribution in [0.5, 0.6) is 0 Å². The summed E-state index contributed by atoms with van der Waals surface area (Å²) in [5.41, 5.74) is 0.919. The molecular formula is C9H6BrNOS. The molecule has 0 aliphatic carbocycles. The average molecular weight is 256 g/mol. The number of carbonyl (C=O) groups is 1. The number of amides is 1. The van der Waals surface area contributed by atoms with Crippen molar-refractivity contribution in [2.24, 2.45) is 4.99 Å². The van der Waals surface area contributed by atoms with Gasteiger partial charge in [0.25, 0.3) is 5.91 Å². The Labute approximate surface area is 89.8 Å². The minimum Gasteiger partial charge on any atom is -0.271 e. The molecule has 13 heavy (non-hydrogen) atoms. The number of carbonyl (C=O) groups excluding carboxylic acids is 1. The lowest BCUT2D eigenvalue weighted by Gasteiger charge is -1.95. The summed E-state index contributed by atoms with van der Waals surface area (Å²) in [5.74, 6) is -0.266. The lowest BCUT2D eigenvalue weighted by molar-refractivity contribution is -0.117. The predicted octanol–water partition coefficient (Wildman–Crippen LogP) is 2.62. The monoisotopic (exact) mass is 255 g/mol. The van der Waals surface area contributed by atoms with E-state index in [1.54, 1.807) is 0 Å². The Morgan fingerprint density at radius 1 is 1.46 bits per heavy atom. The quantitative estimate of drug-likeness (QED) is 0.601. The Bertz CT molecular complexity index is 354. The van der Waals surface area contributed by atoms with E-state index in [0.717, 1.165) is 10.0 Å². The second-order valence-corrected chi connectivity index (χ2v) is 3.50. The Morgan fingerprint density at radius 3 is 2.62 bits per heavy atom. The van der Waals surface area contributed by atoms with Crippen molar-refractivity contribution in [3.63, 3.8) is 0 Å². The topological polar surface area (TPSA) is 29.4 Å². The third kappa shape index (κ3) is 3.59. The molecule has 1 rings (SSSR count). The normalized spacial score (nSPS) is 9.00. The van der Waals surface area contributed by atoms with Crippen molar-refractivity contribution >= 4 is 39.2 Å². The van der Waals surface area contributed by atoms with Gasteiger partial charge < -0.3 is 0 Å². The highest BCUT2D eigenvalue weighted by Gasteiger charge is 1.99. The van der Waals surface area contributed by atoms with Crippen molar-refractivity contribution in [2.45, 2.75) is 6.42 Å². The molecule has 0 bridgehead atoms. The molecule has 0 atom stereocenters. The fourth-order valence-corrected chi connectivity index (χ4v) is 1.23. The summed E-state index contributed by atoms with van der Waals surface area (Å²) in [7, 11) is 0. The second kappa shape index (κ2) is 5.02. The Kier molecular flexibility index (Phi) is 3.96. The van der Waals surface area contributed by atoms with Gasteiger partial charge in [-0.05, 0) is 29.9 Å². The molecule has 0 radical (unpaired) electrons. The summed E-state index contributed by atoms with van der Waals surface area (Å²) < 4.78 is 0.988. The van der Waals surface area contributed by atoms with Crippen LogP contribution in [0.2, 0.25) is 0 Å². The standard InChI is InChI=1S/C9H6BrNOS/c10-8-3-1-7(2-4-8)5-9(12)11-6-13/h1-4H,5H2. The Hall–Kier alpha value is -0.830. The third-order valence-electron chi connectivity index (χ3n) is 1.44. The van der Waals surface area contributed by atoms with Crippen molar-refractivity contribution in [1.29, 1.82) is 0 Å². The van der Waals surface area contributed by atoms with E-state index in [1.807, 2.05) is 29.4 Å². The summed E-state index contributed by atoms with van der Waals surface area (Å²) in [5, 5.41) is 2.05. The summed E-state index contributed by atoms with van der Waals surface area (Å²) in [6.07, 6.45) is 0.275. The summed E-state index contributed by atoms with van der Waals surface area (Å²) >= 11 is 7.63. The molecule has 1 aromatic carbocycles. The number of rotatable bonds is 2. The fraction of sp³-hybridized carbons (Fsp3) is 0.111. The molecule has 0 aliphatic heterocycles. The lowest BCUT2D eigenvalue weighted by atomic mass is 10.1. The van der Waals surface area contributed by atoms with Gasteiger partial charge in [-0.3, -0.25) is 4.79 Å². The summed E-state index contributed by atoms with van der Waals surface area (Å²) in [6, 6.07) is 7.48. The zero-order valence-corrected chi connectivity index (χ0v) is 9.06. The number of benzene rings is 1. The van der Waals surface area contributed by atoms with Gasteiger partial charge in [-0.15, -0.1) is 0 Å². The molecule has 0 saturated carbocycles. The number of hydrogen-bond acceptors (Lipinski definition) is 2. The maximum absolute atomic E-state index is 11.0. The van der Waals surface area contributed by atoms with Gasteiger partial charge in [0.2, 0.25) is 0 Å². The van der Waals surface area contributed by atoms with Crippen molar-refractivity contribution in [2.75, 3.05) is 0 Å². The van der Waals surface area contributed by atoms with E-state index < -0.39 is 0 Å². The van der Waals surface area contributed by atoms with Gasteiger partial charge in [-0.25, -0.2) is 0 Å². The van der Waals surface area contributed by atoms with E-state index in [1.165, 1.54) is 0 Å². The molecule has 0 aliphatic rings. The van der Waals surface area contributed by atoms with Crippen LogP contribution in [0.25, 0.3) is 0 Å². The SMILES string of the molecule is O=C(Cc1ccc(Br)cc1)N=C=S. The molecule has 0 spiro atoms. The third-order valence-corrected chi connectivity index (χ3v) is 2.06. The van der Waals surface area contributed by atoms with Crippen molar-refractivity contribution in [3.8, 4) is 0 Å². The molecule has 0 heterocycles. The first-order valence-corrected chi connectivity index (χ1v) is 4.77. The first-order chi connectivity index (χ1) is 6.22. The molecule has 1 aromatic rings. The number of aliphatic imine (C=N–C) groups is 1. The zero-order valence-electron chi connectivity index (χ0n) is 6.66. The van der Waals surface area contributed by atoms with Gasteiger partial charge >= 0.3 is 0 Å². The first kappa shape index (κ1) is 10.3. The van der Waals surface area contributed by atoms with Crippen molar-refractivity contribution in [3.05, 3.63) is 34.3 Å². The number of hydrogen-bond donors (Lipinski definition) is 0. The van der Waals surface area contributed by atoms with Crippen LogP contribution in [0, 0.1) is 0 Å². The van der Waals surface area contributed by atoms with E-state index in [4.69, 9.17) is 0 Å². The van der Waals surface area contributed by atoms with Gasteiger partial charge in [0, 0.05) is 4.47 Å². The maximum Gasteiger partial charge on any atom is 0.258 e. The average Bonchev–Trinajstić information content (AvgIpc) is 2.09. The van der Waals surface area contributed by atoms with Crippen LogP contribution in [0.4, 0.5) is 0 Å². The van der Waals surface area contributed by atoms with E-state index in [9.17, 15) is 4.79 Å².